The summed E-state index contributed by atoms with van der Waals surface area (Å²) in [5, 5.41) is 19.3. The van der Waals surface area contributed by atoms with Gasteiger partial charge in [0.2, 0.25) is 0 Å². The quantitative estimate of drug-likeness (QED) is 0.180. The van der Waals surface area contributed by atoms with Crippen molar-refractivity contribution in [3.8, 4) is 6.07 Å². The lowest BCUT2D eigenvalue weighted by Gasteiger charge is -2.23. The van der Waals surface area contributed by atoms with Gasteiger partial charge in [0.25, 0.3) is 11.8 Å². The van der Waals surface area contributed by atoms with Crippen molar-refractivity contribution in [3.63, 3.8) is 0 Å². The van der Waals surface area contributed by atoms with Crippen molar-refractivity contribution in [2.24, 2.45) is 0 Å². The number of hydrogen-bond donors (Lipinski definition) is 2. The Bertz CT molecular complexity index is 2550. The molecular weight excluding hydrogens is 765 g/mol. The summed E-state index contributed by atoms with van der Waals surface area (Å²) in [4.78, 5) is 60.4. The molecule has 0 aliphatic carbocycles. The summed E-state index contributed by atoms with van der Waals surface area (Å²) in [5.41, 5.74) is 4.36. The second-order valence-electron chi connectivity index (χ2n) is 15.4. The Balaban J connectivity index is 0.000000184. The summed E-state index contributed by atoms with van der Waals surface area (Å²) < 4.78 is 0. The maximum Gasteiger partial charge on any atom is 0.321 e. The van der Waals surface area contributed by atoms with E-state index >= 15 is 0 Å². The summed E-state index contributed by atoms with van der Waals surface area (Å²) in [6.07, 6.45) is 1.47. The number of nitrogens with one attached hydrogen (secondary N) is 2. The molecule has 6 aromatic rings. The van der Waals surface area contributed by atoms with Crippen molar-refractivity contribution in [2.45, 2.75) is 12.8 Å². The minimum absolute atomic E-state index is 0.0158. The van der Waals surface area contributed by atoms with Crippen molar-refractivity contribution in [1.82, 2.24) is 19.6 Å². The highest BCUT2D eigenvalue weighted by molar-refractivity contribution is 5.97. The maximum absolute atomic E-state index is 12.9. The van der Waals surface area contributed by atoms with E-state index in [-0.39, 0.29) is 23.9 Å². The summed E-state index contributed by atoms with van der Waals surface area (Å²) >= 11 is 0. The molecule has 0 saturated carbocycles. The van der Waals surface area contributed by atoms with Crippen LogP contribution in [0.15, 0.2) is 133 Å². The van der Waals surface area contributed by atoms with Gasteiger partial charge in [0.1, 0.15) is 0 Å². The van der Waals surface area contributed by atoms with Crippen molar-refractivity contribution < 1.29 is 19.2 Å². The molecule has 2 N–H and O–H groups in total. The molecule has 2 aliphatic rings. The number of amides is 6. The highest BCUT2D eigenvalue weighted by Crippen LogP contribution is 2.22. The summed E-state index contributed by atoms with van der Waals surface area (Å²) in [5.74, 6) is -0.0571. The molecule has 0 aromatic heterocycles. The normalized spacial score (nSPS) is 14.2. The number of carbonyl (C=O) groups excluding carboxylic acids is 4. The van der Waals surface area contributed by atoms with Crippen molar-refractivity contribution in [2.75, 3.05) is 82.0 Å². The third kappa shape index (κ3) is 10.6. The molecule has 2 fully saturated rings. The highest BCUT2D eigenvalue weighted by Gasteiger charge is 2.25. The Morgan fingerprint density at radius 3 is 1.31 bits per heavy atom. The molecule has 61 heavy (non-hydrogen) atoms. The fraction of sp³-hybridized carbons (Fsp3) is 0.245. The Morgan fingerprint density at radius 2 is 0.885 bits per heavy atom. The lowest BCUT2D eigenvalue weighted by atomic mass is 10.1. The van der Waals surface area contributed by atoms with E-state index in [0.717, 1.165) is 45.0 Å². The van der Waals surface area contributed by atoms with Gasteiger partial charge in [0.15, 0.2) is 0 Å². The van der Waals surface area contributed by atoms with Crippen LogP contribution in [0.5, 0.6) is 0 Å². The van der Waals surface area contributed by atoms with E-state index in [1.54, 1.807) is 39.0 Å². The Morgan fingerprint density at radius 1 is 0.492 bits per heavy atom. The molecule has 6 aromatic carbocycles. The van der Waals surface area contributed by atoms with Crippen LogP contribution in [-0.2, 0) is 0 Å². The first-order chi connectivity index (χ1) is 29.6. The van der Waals surface area contributed by atoms with Gasteiger partial charge in [0, 0.05) is 94.6 Å². The number of fused-ring (bicyclic) bond motifs is 2. The van der Waals surface area contributed by atoms with Crippen LogP contribution >= 0.6 is 0 Å². The molecule has 12 nitrogen and oxygen atoms in total. The SMILES string of the molecule is CN(C)c1ccc(C(=O)N2CCCN(C(=O)Nc3ccc4ccccc4c3)CC2)cc1.N#Cc1ccc(C(=O)N2CCCN(C(=O)Nc3ccc4ccccc4c3)CC2)cc1. The van der Waals surface area contributed by atoms with Crippen LogP contribution in [-0.4, -0.2) is 110 Å². The Hall–Kier alpha value is -7.39. The van der Waals surface area contributed by atoms with Crippen LogP contribution in [0.2, 0.25) is 0 Å². The number of nitriles is 1. The van der Waals surface area contributed by atoms with Crippen LogP contribution in [0, 0.1) is 11.3 Å². The number of urea groups is 2. The summed E-state index contributed by atoms with van der Waals surface area (Å²) in [6.45, 7) is 4.46. The van der Waals surface area contributed by atoms with Crippen LogP contribution in [0.4, 0.5) is 26.7 Å². The van der Waals surface area contributed by atoms with Crippen molar-refractivity contribution >= 4 is 62.5 Å². The van der Waals surface area contributed by atoms with Gasteiger partial charge in [0.05, 0.1) is 11.6 Å². The zero-order chi connectivity index (χ0) is 42.7. The fourth-order valence-electron chi connectivity index (χ4n) is 7.54. The number of hydrogen-bond acceptors (Lipinski definition) is 6. The third-order valence-electron chi connectivity index (χ3n) is 11.0. The van der Waals surface area contributed by atoms with Gasteiger partial charge in [-0.3, -0.25) is 9.59 Å². The molecule has 8 rings (SSSR count). The molecule has 0 radical (unpaired) electrons. The smallest absolute Gasteiger partial charge is 0.321 e. The number of nitrogens with zero attached hydrogens (tertiary/aromatic N) is 6. The highest BCUT2D eigenvalue weighted by atomic mass is 16.2. The minimum Gasteiger partial charge on any atom is -0.378 e. The van der Waals surface area contributed by atoms with Crippen molar-refractivity contribution in [1.29, 1.82) is 5.26 Å². The van der Waals surface area contributed by atoms with Crippen molar-refractivity contribution in [3.05, 3.63) is 150 Å². The number of rotatable bonds is 5. The third-order valence-corrected chi connectivity index (χ3v) is 11.0. The first-order valence-electron chi connectivity index (χ1n) is 20.6. The molecule has 2 saturated heterocycles. The van der Waals surface area contributed by atoms with Gasteiger partial charge in [-0.2, -0.15) is 5.26 Å². The number of benzene rings is 6. The molecule has 12 heteroatoms. The molecule has 310 valence electrons. The Kier molecular flexibility index (Phi) is 13.4. The average molecular weight is 815 g/mol. The van der Waals surface area contributed by atoms with Crippen LogP contribution in [0.1, 0.15) is 39.1 Å². The lowest BCUT2D eigenvalue weighted by molar-refractivity contribution is 0.0755. The topological polar surface area (TPSA) is 132 Å². The van der Waals surface area contributed by atoms with E-state index in [2.05, 4.69) is 22.8 Å². The van der Waals surface area contributed by atoms with E-state index < -0.39 is 0 Å². The summed E-state index contributed by atoms with van der Waals surface area (Å²) in [7, 11) is 3.95. The predicted molar refractivity (Wildman–Crippen MR) is 242 cm³/mol. The minimum atomic E-state index is -0.155. The van der Waals surface area contributed by atoms with Gasteiger partial charge in [-0.05, 0) is 107 Å². The summed E-state index contributed by atoms with van der Waals surface area (Å²) in [6, 6.07) is 43.9. The van der Waals surface area contributed by atoms with E-state index in [1.807, 2.05) is 127 Å². The number of carbonyl (C=O) groups is 4. The van der Waals surface area contributed by atoms with Gasteiger partial charge in [-0.1, -0.05) is 60.7 Å². The molecule has 0 spiro atoms. The maximum atomic E-state index is 12.9. The first kappa shape index (κ1) is 41.8. The van der Waals surface area contributed by atoms with Gasteiger partial charge >= 0.3 is 12.1 Å². The van der Waals surface area contributed by atoms with Crippen LogP contribution < -0.4 is 15.5 Å². The monoisotopic (exact) mass is 814 g/mol. The second kappa shape index (κ2) is 19.6. The zero-order valence-electron chi connectivity index (χ0n) is 34.6. The molecule has 2 aliphatic heterocycles. The van der Waals surface area contributed by atoms with Crippen LogP contribution in [0.3, 0.4) is 0 Å². The molecule has 2 heterocycles. The Labute approximate surface area is 356 Å². The first-order valence-corrected chi connectivity index (χ1v) is 20.6. The number of anilines is 3. The zero-order valence-corrected chi connectivity index (χ0v) is 34.6. The van der Waals surface area contributed by atoms with E-state index in [1.165, 1.54) is 0 Å². The van der Waals surface area contributed by atoms with E-state index in [9.17, 15) is 19.2 Å². The van der Waals surface area contributed by atoms with Gasteiger partial charge in [-0.25, -0.2) is 9.59 Å². The molecule has 0 unspecified atom stereocenters. The standard InChI is InChI=1S/C25H28N4O2.C24H22N4O2/c1-27(2)23-12-9-20(10-13-23)24(30)28-14-5-15-29(17-16-28)25(31)26-22-11-8-19-6-3-4-7-21(19)18-22;25-17-18-6-8-20(9-7-18)23(29)27-12-3-13-28(15-14-27)24(30)26-22-11-10-19-4-1-2-5-21(19)16-22/h3-4,6-13,18H,5,14-17H2,1-2H3,(H,26,31);1-2,4-11,16H,3,12-15H2,(H,26,30). The molecule has 0 bridgehead atoms. The van der Waals surface area contributed by atoms with E-state index in [0.29, 0.717) is 75.5 Å². The second-order valence-corrected chi connectivity index (χ2v) is 15.4. The fourth-order valence-corrected chi connectivity index (χ4v) is 7.54. The molecular formula is C49H50N8O4. The van der Waals surface area contributed by atoms with Gasteiger partial charge < -0.3 is 35.1 Å². The lowest BCUT2D eigenvalue weighted by Crippen LogP contribution is -2.39. The van der Waals surface area contributed by atoms with E-state index in [4.69, 9.17) is 5.26 Å². The molecule has 0 atom stereocenters. The van der Waals surface area contributed by atoms with Crippen LogP contribution in [0.25, 0.3) is 21.5 Å². The van der Waals surface area contributed by atoms with Gasteiger partial charge in [-0.15, -0.1) is 0 Å². The predicted octanol–water partition coefficient (Wildman–Crippen LogP) is 8.38. The average Bonchev–Trinajstić information content (AvgIpc) is 3.71. The molecule has 6 amide bonds. The largest absolute Gasteiger partial charge is 0.378 e.